The summed E-state index contributed by atoms with van der Waals surface area (Å²) in [6.45, 7) is 9.41. The Balaban J connectivity index is 3.14. The fraction of sp³-hybridized carbons (Fsp3) is 1.00. The zero-order valence-corrected chi connectivity index (χ0v) is 17.0. The van der Waals surface area contributed by atoms with E-state index in [9.17, 15) is 0 Å². The molecule has 0 aliphatic rings. The second kappa shape index (κ2) is 13.6. The molecule has 0 amide bonds. The molecule has 1 unspecified atom stereocenters. The Morgan fingerprint density at radius 3 is 1.35 bits per heavy atom. The maximum atomic E-state index is 3.89. The van der Waals surface area contributed by atoms with Gasteiger partial charge >= 0.3 is 0 Å². The van der Waals surface area contributed by atoms with Crippen molar-refractivity contribution in [3.63, 3.8) is 0 Å². The highest BCUT2D eigenvalue weighted by molar-refractivity contribution is 9.39. The Morgan fingerprint density at radius 1 is 0.650 bits per heavy atom. The van der Waals surface area contributed by atoms with Gasteiger partial charge in [-0.05, 0) is 24.4 Å². The third-order valence-electron chi connectivity index (χ3n) is 3.94. The number of hydrogen-bond acceptors (Lipinski definition) is 0. The van der Waals surface area contributed by atoms with E-state index in [1.54, 1.807) is 0 Å². The summed E-state index contributed by atoms with van der Waals surface area (Å²) in [6.07, 6.45) is 18.8. The van der Waals surface area contributed by atoms with E-state index < -0.39 is 0 Å². The first kappa shape index (κ1) is 20.9. The Hall–Kier alpha value is 0.910. The summed E-state index contributed by atoms with van der Waals surface area (Å²) >= 11 is 3.89. The Morgan fingerprint density at radius 2 is 1.00 bits per heavy atom. The van der Waals surface area contributed by atoms with E-state index in [1.165, 1.54) is 83.2 Å². The van der Waals surface area contributed by atoms with Crippen LogP contribution in [0.15, 0.2) is 0 Å². The van der Waals surface area contributed by atoms with Crippen molar-refractivity contribution in [3.8, 4) is 0 Å². The zero-order chi connectivity index (χ0) is 15.3. The maximum Gasteiger partial charge on any atom is -0.00813 e. The second-order valence-corrected chi connectivity index (χ2v) is 12.2. The van der Waals surface area contributed by atoms with Crippen LogP contribution in [-0.2, 0) is 0 Å². The van der Waals surface area contributed by atoms with Crippen molar-refractivity contribution < 1.29 is 0 Å². The van der Waals surface area contributed by atoms with Gasteiger partial charge in [0, 0.05) is 0 Å². The molecule has 0 aliphatic heterocycles. The molecule has 1 atom stereocenters. The van der Waals surface area contributed by atoms with Crippen LogP contribution in [0.2, 0.25) is 0 Å². The van der Waals surface area contributed by atoms with Crippen molar-refractivity contribution in [3.05, 3.63) is 0 Å². The summed E-state index contributed by atoms with van der Waals surface area (Å²) in [6, 6.07) is 0. The summed E-state index contributed by atoms with van der Waals surface area (Å²) in [5, 5.41) is 0.479. The maximum absolute atomic E-state index is 3.89. The van der Waals surface area contributed by atoms with Crippen LogP contribution in [-0.4, -0.2) is 11.3 Å². The van der Waals surface area contributed by atoms with Crippen molar-refractivity contribution in [2.45, 2.75) is 110 Å². The van der Waals surface area contributed by atoms with E-state index in [0.717, 1.165) is 0 Å². The molecule has 122 valence electrons. The molecule has 0 fully saturated rings. The van der Waals surface area contributed by atoms with Gasteiger partial charge in [-0.3, -0.25) is 0 Å². The smallest absolute Gasteiger partial charge is 0.00813 e. The predicted molar refractivity (Wildman–Crippen MR) is 102 cm³/mol. The van der Waals surface area contributed by atoms with Gasteiger partial charge in [0.2, 0.25) is 0 Å². The summed E-state index contributed by atoms with van der Waals surface area (Å²) in [5.74, 6) is 0. The number of unbranched alkanes of at least 4 members (excludes halogenated alkanes) is 11. The van der Waals surface area contributed by atoms with Crippen LogP contribution in [0.5, 0.6) is 0 Å². The fourth-order valence-corrected chi connectivity index (χ4v) is 4.35. The first-order valence-corrected chi connectivity index (χ1v) is 12.5. The van der Waals surface area contributed by atoms with Crippen LogP contribution in [0.1, 0.15) is 105 Å². The van der Waals surface area contributed by atoms with Gasteiger partial charge in [-0.25, -0.2) is 0 Å². The van der Waals surface area contributed by atoms with Crippen LogP contribution >= 0.6 is 22.1 Å². The van der Waals surface area contributed by atoms with Gasteiger partial charge in [0.15, 0.2) is 0 Å². The van der Waals surface area contributed by atoms with E-state index in [2.05, 4.69) is 43.2 Å². The lowest BCUT2D eigenvalue weighted by molar-refractivity contribution is 0.548. The molecule has 0 aliphatic carbocycles. The standard InChI is InChI=1S/C18H38BrP/c1-5-6-7-8-9-10-11-12-13-14-15-16-17-20(19)18(2,3)4/h5-17H2,1-4H3. The van der Waals surface area contributed by atoms with Crippen LogP contribution in [0.3, 0.4) is 0 Å². The summed E-state index contributed by atoms with van der Waals surface area (Å²) in [4.78, 5) is 0. The molecule has 0 radical (unpaired) electrons. The lowest BCUT2D eigenvalue weighted by atomic mass is 10.1. The third kappa shape index (κ3) is 13.9. The minimum atomic E-state index is 0.0530. The van der Waals surface area contributed by atoms with Gasteiger partial charge < -0.3 is 0 Å². The van der Waals surface area contributed by atoms with Gasteiger partial charge in [0.05, 0.1) is 0 Å². The molecule has 20 heavy (non-hydrogen) atoms. The molecule has 0 heterocycles. The lowest BCUT2D eigenvalue weighted by Crippen LogP contribution is -2.09. The van der Waals surface area contributed by atoms with E-state index in [1.807, 2.05) is 0 Å². The van der Waals surface area contributed by atoms with Crippen LogP contribution < -0.4 is 0 Å². The SMILES string of the molecule is CCCCCCCCCCCCCCP(Br)C(C)(C)C. The highest BCUT2D eigenvalue weighted by atomic mass is 79.9. The monoisotopic (exact) mass is 364 g/mol. The molecule has 0 saturated heterocycles. The molecule has 0 bridgehead atoms. The molecular weight excluding hydrogens is 327 g/mol. The largest absolute Gasteiger partial charge is 0.0654 e. The molecule has 0 aromatic carbocycles. The molecule has 0 N–H and O–H groups in total. The molecule has 0 aromatic heterocycles. The normalized spacial score (nSPS) is 13.7. The Kier molecular flexibility index (Phi) is 14.2. The second-order valence-electron chi connectivity index (χ2n) is 7.15. The van der Waals surface area contributed by atoms with Gasteiger partial charge in [0.1, 0.15) is 0 Å². The van der Waals surface area contributed by atoms with E-state index in [-0.39, 0.29) is 6.62 Å². The number of halogens is 1. The zero-order valence-electron chi connectivity index (χ0n) is 14.5. The minimum Gasteiger partial charge on any atom is -0.0654 e. The molecule has 0 spiro atoms. The van der Waals surface area contributed by atoms with Gasteiger partial charge in [-0.1, -0.05) is 114 Å². The topological polar surface area (TPSA) is 0 Å². The molecular formula is C18H38BrP. The average molecular weight is 365 g/mol. The van der Waals surface area contributed by atoms with Crippen molar-refractivity contribution in [2.24, 2.45) is 0 Å². The van der Waals surface area contributed by atoms with Gasteiger partial charge in [-0.15, -0.1) is 0 Å². The predicted octanol–water partition coefficient (Wildman–Crippen LogP) is 8.28. The van der Waals surface area contributed by atoms with Gasteiger partial charge in [-0.2, -0.15) is 0 Å². The quantitative estimate of drug-likeness (QED) is 0.227. The van der Waals surface area contributed by atoms with E-state index in [0.29, 0.717) is 5.16 Å². The van der Waals surface area contributed by atoms with Gasteiger partial charge in [0.25, 0.3) is 0 Å². The number of hydrogen-bond donors (Lipinski definition) is 0. The molecule has 0 nitrogen and oxygen atoms in total. The van der Waals surface area contributed by atoms with Crippen molar-refractivity contribution in [2.75, 3.05) is 6.16 Å². The molecule has 2 heteroatoms. The minimum absolute atomic E-state index is 0.0530. The Bertz CT molecular complexity index is 198. The highest BCUT2D eigenvalue weighted by Crippen LogP contribution is 2.56. The van der Waals surface area contributed by atoms with Crippen LogP contribution in [0.4, 0.5) is 0 Å². The first-order valence-electron chi connectivity index (χ1n) is 8.92. The highest BCUT2D eigenvalue weighted by Gasteiger charge is 2.20. The summed E-state index contributed by atoms with van der Waals surface area (Å²) in [7, 11) is 0. The lowest BCUT2D eigenvalue weighted by Gasteiger charge is -2.25. The van der Waals surface area contributed by atoms with Crippen molar-refractivity contribution >= 4 is 22.1 Å². The first-order chi connectivity index (χ1) is 9.48. The summed E-state index contributed by atoms with van der Waals surface area (Å²) in [5.41, 5.74) is 0. The summed E-state index contributed by atoms with van der Waals surface area (Å²) < 4.78 is 0. The fourth-order valence-electron chi connectivity index (χ4n) is 2.43. The van der Waals surface area contributed by atoms with Crippen LogP contribution in [0, 0.1) is 0 Å². The van der Waals surface area contributed by atoms with Crippen molar-refractivity contribution in [1.29, 1.82) is 0 Å². The molecule has 0 saturated carbocycles. The van der Waals surface area contributed by atoms with E-state index >= 15 is 0 Å². The number of rotatable bonds is 13. The molecule has 0 aromatic rings. The Labute approximate surface area is 138 Å². The molecule has 0 rings (SSSR count). The average Bonchev–Trinajstić information content (AvgIpc) is 2.38. The van der Waals surface area contributed by atoms with E-state index in [4.69, 9.17) is 0 Å². The third-order valence-corrected chi connectivity index (χ3v) is 10.4. The van der Waals surface area contributed by atoms with Crippen LogP contribution in [0.25, 0.3) is 0 Å². The van der Waals surface area contributed by atoms with Crippen molar-refractivity contribution in [1.82, 2.24) is 0 Å².